The number of amides is 1. The number of hydrogen-bond donors (Lipinski definition) is 2. The van der Waals surface area contributed by atoms with Crippen molar-refractivity contribution in [2.45, 2.75) is 58.4 Å². The standard InChI is InChI=1S/C19H30N2O3/c1-3-18(24-4-2)19(23)20-13-15-7-5-6-8-16(15)14-21-11-9-17(22)10-12-21/h5-8,17-18,22H,3-4,9-14H2,1-2H3,(H,20,23). The van der Waals surface area contributed by atoms with E-state index in [2.05, 4.69) is 22.3 Å². The van der Waals surface area contributed by atoms with Crippen molar-refractivity contribution in [2.75, 3.05) is 19.7 Å². The van der Waals surface area contributed by atoms with E-state index < -0.39 is 0 Å². The minimum atomic E-state index is -0.370. The zero-order valence-corrected chi connectivity index (χ0v) is 14.8. The topological polar surface area (TPSA) is 61.8 Å². The summed E-state index contributed by atoms with van der Waals surface area (Å²) < 4.78 is 5.46. The van der Waals surface area contributed by atoms with E-state index in [4.69, 9.17) is 4.74 Å². The van der Waals surface area contributed by atoms with Gasteiger partial charge < -0.3 is 15.2 Å². The van der Waals surface area contributed by atoms with E-state index in [0.29, 0.717) is 19.6 Å². The summed E-state index contributed by atoms with van der Waals surface area (Å²) in [6.07, 6.45) is 1.83. The van der Waals surface area contributed by atoms with E-state index in [1.165, 1.54) is 5.56 Å². The SMILES string of the molecule is CCOC(CC)C(=O)NCc1ccccc1CN1CCC(O)CC1. The molecule has 0 radical (unpaired) electrons. The van der Waals surface area contributed by atoms with Gasteiger partial charge in [-0.05, 0) is 37.3 Å². The Kier molecular flexibility index (Phi) is 7.69. The van der Waals surface area contributed by atoms with Gasteiger partial charge in [0.1, 0.15) is 6.10 Å². The number of piperidine rings is 1. The molecule has 1 fully saturated rings. The fraction of sp³-hybridized carbons (Fsp3) is 0.632. The number of hydrogen-bond acceptors (Lipinski definition) is 4. The lowest BCUT2D eigenvalue weighted by Crippen LogP contribution is -2.37. The lowest BCUT2D eigenvalue weighted by Gasteiger charge is -2.30. The lowest BCUT2D eigenvalue weighted by atomic mass is 10.0. The number of nitrogens with zero attached hydrogens (tertiary/aromatic N) is 1. The molecule has 1 heterocycles. The number of carbonyl (C=O) groups is 1. The molecule has 5 nitrogen and oxygen atoms in total. The molecule has 0 aliphatic carbocycles. The van der Waals surface area contributed by atoms with Gasteiger partial charge in [0.2, 0.25) is 5.91 Å². The van der Waals surface area contributed by atoms with Crippen molar-refractivity contribution < 1.29 is 14.6 Å². The molecule has 0 bridgehead atoms. The smallest absolute Gasteiger partial charge is 0.249 e. The maximum Gasteiger partial charge on any atom is 0.249 e. The summed E-state index contributed by atoms with van der Waals surface area (Å²) in [7, 11) is 0. The maximum absolute atomic E-state index is 12.2. The summed E-state index contributed by atoms with van der Waals surface area (Å²) in [5.41, 5.74) is 2.38. The molecule has 134 valence electrons. The molecule has 1 saturated heterocycles. The first-order valence-corrected chi connectivity index (χ1v) is 9.00. The van der Waals surface area contributed by atoms with Crippen LogP contribution in [-0.2, 0) is 22.6 Å². The molecular formula is C19H30N2O3. The molecule has 0 aromatic heterocycles. The third-order valence-corrected chi connectivity index (χ3v) is 4.55. The molecule has 1 aliphatic rings. The molecule has 1 unspecified atom stereocenters. The largest absolute Gasteiger partial charge is 0.393 e. The predicted octanol–water partition coefficient (Wildman–Crippen LogP) is 2.07. The van der Waals surface area contributed by atoms with E-state index >= 15 is 0 Å². The third kappa shape index (κ3) is 5.58. The Morgan fingerprint density at radius 2 is 1.96 bits per heavy atom. The van der Waals surface area contributed by atoms with Gasteiger partial charge in [0.05, 0.1) is 6.10 Å². The highest BCUT2D eigenvalue weighted by molar-refractivity contribution is 5.80. The van der Waals surface area contributed by atoms with Gasteiger partial charge in [0.15, 0.2) is 0 Å². The number of aliphatic hydroxyl groups is 1. The fourth-order valence-corrected chi connectivity index (χ4v) is 3.08. The van der Waals surface area contributed by atoms with Gasteiger partial charge in [-0.15, -0.1) is 0 Å². The van der Waals surface area contributed by atoms with Crippen molar-refractivity contribution in [1.29, 1.82) is 0 Å². The second-order valence-electron chi connectivity index (χ2n) is 6.35. The van der Waals surface area contributed by atoms with Crippen molar-refractivity contribution in [3.8, 4) is 0 Å². The second kappa shape index (κ2) is 9.77. The van der Waals surface area contributed by atoms with Gasteiger partial charge in [-0.2, -0.15) is 0 Å². The Balaban J connectivity index is 1.92. The van der Waals surface area contributed by atoms with Crippen LogP contribution in [0, 0.1) is 0 Å². The average Bonchev–Trinajstić information content (AvgIpc) is 2.60. The number of ether oxygens (including phenoxy) is 1. The molecule has 1 aromatic carbocycles. The molecule has 1 atom stereocenters. The van der Waals surface area contributed by atoms with Gasteiger partial charge >= 0.3 is 0 Å². The Morgan fingerprint density at radius 1 is 1.29 bits per heavy atom. The summed E-state index contributed by atoms with van der Waals surface area (Å²) in [4.78, 5) is 14.6. The van der Waals surface area contributed by atoms with Crippen molar-refractivity contribution in [1.82, 2.24) is 10.2 Å². The van der Waals surface area contributed by atoms with Crippen LogP contribution in [0.1, 0.15) is 44.2 Å². The summed E-state index contributed by atoms with van der Waals surface area (Å²) >= 11 is 0. The zero-order valence-electron chi connectivity index (χ0n) is 14.8. The van der Waals surface area contributed by atoms with Gasteiger partial charge in [-0.25, -0.2) is 0 Å². The van der Waals surface area contributed by atoms with Crippen LogP contribution in [-0.4, -0.2) is 47.8 Å². The van der Waals surface area contributed by atoms with Gasteiger partial charge in [0.25, 0.3) is 0 Å². The molecule has 1 aliphatic heterocycles. The van der Waals surface area contributed by atoms with E-state index in [0.717, 1.165) is 38.0 Å². The van der Waals surface area contributed by atoms with Crippen LogP contribution < -0.4 is 5.32 Å². The van der Waals surface area contributed by atoms with Crippen LogP contribution in [0.3, 0.4) is 0 Å². The Bertz CT molecular complexity index is 513. The van der Waals surface area contributed by atoms with Crippen LogP contribution in [0.5, 0.6) is 0 Å². The fourth-order valence-electron chi connectivity index (χ4n) is 3.08. The van der Waals surface area contributed by atoms with Crippen molar-refractivity contribution in [3.63, 3.8) is 0 Å². The van der Waals surface area contributed by atoms with Gasteiger partial charge in [0, 0.05) is 32.8 Å². The summed E-state index contributed by atoms with van der Waals surface area (Å²) in [6.45, 7) is 7.63. The first kappa shape index (κ1) is 18.9. The number of benzene rings is 1. The second-order valence-corrected chi connectivity index (χ2v) is 6.35. The molecular weight excluding hydrogens is 304 g/mol. The molecule has 24 heavy (non-hydrogen) atoms. The summed E-state index contributed by atoms with van der Waals surface area (Å²) in [5.74, 6) is -0.0461. The van der Waals surface area contributed by atoms with E-state index in [-0.39, 0.29) is 18.1 Å². The zero-order chi connectivity index (χ0) is 17.4. The molecule has 2 N–H and O–H groups in total. The first-order valence-electron chi connectivity index (χ1n) is 9.00. The highest BCUT2D eigenvalue weighted by atomic mass is 16.5. The van der Waals surface area contributed by atoms with E-state index in [1.54, 1.807) is 0 Å². The van der Waals surface area contributed by atoms with Gasteiger partial charge in [-0.1, -0.05) is 31.2 Å². The molecule has 1 aromatic rings. The quantitative estimate of drug-likeness (QED) is 0.764. The van der Waals surface area contributed by atoms with E-state index in [9.17, 15) is 9.90 Å². The Hall–Kier alpha value is -1.43. The van der Waals surface area contributed by atoms with E-state index in [1.807, 2.05) is 26.0 Å². The monoisotopic (exact) mass is 334 g/mol. The maximum atomic E-state index is 12.2. The molecule has 5 heteroatoms. The third-order valence-electron chi connectivity index (χ3n) is 4.55. The number of nitrogens with one attached hydrogen (secondary N) is 1. The normalized spacial score (nSPS) is 17.6. The number of carbonyl (C=O) groups excluding carboxylic acids is 1. The van der Waals surface area contributed by atoms with Crippen molar-refractivity contribution >= 4 is 5.91 Å². The van der Waals surface area contributed by atoms with Gasteiger partial charge in [-0.3, -0.25) is 9.69 Å². The van der Waals surface area contributed by atoms with Crippen LogP contribution >= 0.6 is 0 Å². The minimum Gasteiger partial charge on any atom is -0.393 e. The minimum absolute atomic E-state index is 0.0461. The van der Waals surface area contributed by atoms with Crippen molar-refractivity contribution in [3.05, 3.63) is 35.4 Å². The molecule has 0 saturated carbocycles. The molecule has 2 rings (SSSR count). The molecule has 1 amide bonds. The first-order chi connectivity index (χ1) is 11.6. The number of aliphatic hydroxyl groups excluding tert-OH is 1. The van der Waals surface area contributed by atoms with Crippen molar-refractivity contribution in [2.24, 2.45) is 0 Å². The van der Waals surface area contributed by atoms with Crippen LogP contribution in [0.15, 0.2) is 24.3 Å². The summed E-state index contributed by atoms with van der Waals surface area (Å²) in [5, 5.41) is 12.6. The highest BCUT2D eigenvalue weighted by Gasteiger charge is 2.19. The highest BCUT2D eigenvalue weighted by Crippen LogP contribution is 2.16. The Morgan fingerprint density at radius 3 is 2.58 bits per heavy atom. The summed E-state index contributed by atoms with van der Waals surface area (Å²) in [6, 6.07) is 8.22. The average molecular weight is 334 g/mol. The number of rotatable bonds is 8. The van der Waals surface area contributed by atoms with Crippen LogP contribution in [0.2, 0.25) is 0 Å². The predicted molar refractivity (Wildman–Crippen MR) is 94.5 cm³/mol. The lowest BCUT2D eigenvalue weighted by molar-refractivity contribution is -0.132. The Labute approximate surface area is 145 Å². The van der Waals surface area contributed by atoms with Crippen LogP contribution in [0.4, 0.5) is 0 Å². The molecule has 0 spiro atoms. The van der Waals surface area contributed by atoms with Crippen LogP contribution in [0.25, 0.3) is 0 Å². The number of likely N-dealkylation sites (tertiary alicyclic amines) is 1.